The molecule has 1 N–H and O–H groups in total. The van der Waals surface area contributed by atoms with E-state index in [0.29, 0.717) is 17.2 Å². The summed E-state index contributed by atoms with van der Waals surface area (Å²) in [6.45, 7) is 1.91. The number of anilines is 2. The summed E-state index contributed by atoms with van der Waals surface area (Å²) >= 11 is 0. The van der Waals surface area contributed by atoms with Gasteiger partial charge in [-0.3, -0.25) is 4.79 Å². The number of alkyl halides is 3. The second-order valence-electron chi connectivity index (χ2n) is 8.07. The first kappa shape index (κ1) is 23.9. The molecule has 0 unspecified atom stereocenters. The number of carbonyl (C=O) groups excluding carboxylic acids is 1. The minimum Gasteiger partial charge on any atom is -0.348 e. The molecule has 0 aliphatic rings. The molecule has 1 amide bonds. The van der Waals surface area contributed by atoms with Crippen LogP contribution < -0.4 is 10.2 Å². The van der Waals surface area contributed by atoms with Crippen molar-refractivity contribution in [3.05, 3.63) is 107 Å². The first-order valence-electron chi connectivity index (χ1n) is 10.9. The largest absolute Gasteiger partial charge is 0.416 e. The van der Waals surface area contributed by atoms with Crippen molar-refractivity contribution in [1.29, 1.82) is 0 Å². The molecule has 0 fully saturated rings. The second kappa shape index (κ2) is 9.97. The van der Waals surface area contributed by atoms with Crippen LogP contribution in [-0.4, -0.2) is 22.9 Å². The molecule has 0 spiro atoms. The molecule has 4 rings (SSSR count). The Hall–Kier alpha value is -4.20. The number of halogens is 3. The lowest BCUT2D eigenvalue weighted by atomic mass is 10.1. The van der Waals surface area contributed by atoms with E-state index in [1.165, 1.54) is 18.3 Å². The van der Waals surface area contributed by atoms with E-state index in [0.717, 1.165) is 28.9 Å². The van der Waals surface area contributed by atoms with Crippen molar-refractivity contribution in [2.24, 2.45) is 0 Å². The Balaban J connectivity index is 1.65. The molecular formula is C27H23F3N4O. The summed E-state index contributed by atoms with van der Waals surface area (Å²) < 4.78 is 39.1. The lowest BCUT2D eigenvalue weighted by Gasteiger charge is -2.22. The fraction of sp³-hybridized carbons (Fsp3) is 0.148. The lowest BCUT2D eigenvalue weighted by molar-refractivity contribution is -0.137. The Morgan fingerprint density at radius 1 is 0.971 bits per heavy atom. The van der Waals surface area contributed by atoms with E-state index < -0.39 is 17.6 Å². The van der Waals surface area contributed by atoms with Gasteiger partial charge in [0.1, 0.15) is 11.4 Å². The van der Waals surface area contributed by atoms with Crippen LogP contribution in [0.4, 0.5) is 24.7 Å². The van der Waals surface area contributed by atoms with Gasteiger partial charge in [0, 0.05) is 31.0 Å². The van der Waals surface area contributed by atoms with Crippen LogP contribution in [0.5, 0.6) is 0 Å². The minimum absolute atomic E-state index is 0.0725. The summed E-state index contributed by atoms with van der Waals surface area (Å²) in [6, 6.07) is 22.0. The van der Waals surface area contributed by atoms with E-state index in [4.69, 9.17) is 0 Å². The summed E-state index contributed by atoms with van der Waals surface area (Å²) in [7, 11) is 1.80. The molecule has 0 saturated heterocycles. The molecular weight excluding hydrogens is 453 g/mol. The zero-order valence-electron chi connectivity index (χ0n) is 19.2. The lowest BCUT2D eigenvalue weighted by Crippen LogP contribution is -2.26. The number of benzene rings is 3. The molecule has 1 aromatic heterocycles. The second-order valence-corrected chi connectivity index (χ2v) is 8.07. The Bertz CT molecular complexity index is 1320. The van der Waals surface area contributed by atoms with Gasteiger partial charge in [-0.1, -0.05) is 60.2 Å². The molecule has 0 atom stereocenters. The summed E-state index contributed by atoms with van der Waals surface area (Å²) in [5, 5.41) is 2.70. The van der Waals surface area contributed by atoms with Gasteiger partial charge in [-0.25, -0.2) is 9.97 Å². The van der Waals surface area contributed by atoms with Crippen LogP contribution in [0.1, 0.15) is 27.0 Å². The zero-order chi connectivity index (χ0) is 25.0. The minimum atomic E-state index is -4.45. The van der Waals surface area contributed by atoms with E-state index in [-0.39, 0.29) is 12.1 Å². The number of carbonyl (C=O) groups is 1. The molecule has 1 heterocycles. The summed E-state index contributed by atoms with van der Waals surface area (Å²) in [5.74, 6) is 0.342. The van der Waals surface area contributed by atoms with Gasteiger partial charge in [0.2, 0.25) is 0 Å². The molecule has 0 aliphatic heterocycles. The van der Waals surface area contributed by atoms with Crippen LogP contribution in [-0.2, 0) is 12.7 Å². The topological polar surface area (TPSA) is 58.1 Å². The predicted octanol–water partition coefficient (Wildman–Crippen LogP) is 6.17. The van der Waals surface area contributed by atoms with Gasteiger partial charge < -0.3 is 10.2 Å². The number of hydrogen-bond acceptors (Lipinski definition) is 4. The van der Waals surface area contributed by atoms with Crippen molar-refractivity contribution in [2.45, 2.75) is 19.6 Å². The average molecular weight is 477 g/mol. The van der Waals surface area contributed by atoms with Crippen molar-refractivity contribution >= 4 is 17.4 Å². The monoisotopic (exact) mass is 476 g/mol. The maximum absolute atomic E-state index is 13.1. The molecule has 0 aliphatic carbocycles. The number of aryl methyl sites for hydroxylation is 1. The first-order valence-corrected chi connectivity index (χ1v) is 10.9. The zero-order valence-corrected chi connectivity index (χ0v) is 19.2. The molecule has 178 valence electrons. The van der Waals surface area contributed by atoms with E-state index in [1.807, 2.05) is 61.5 Å². The average Bonchev–Trinajstić information content (AvgIpc) is 2.87. The fourth-order valence-electron chi connectivity index (χ4n) is 3.54. The molecule has 0 bridgehead atoms. The Morgan fingerprint density at radius 2 is 1.69 bits per heavy atom. The number of nitrogens with zero attached hydrogens (tertiary/aromatic N) is 3. The van der Waals surface area contributed by atoms with Crippen molar-refractivity contribution in [3.8, 4) is 11.4 Å². The molecule has 4 aromatic rings. The van der Waals surface area contributed by atoms with Gasteiger partial charge in [-0.2, -0.15) is 13.2 Å². The van der Waals surface area contributed by atoms with Gasteiger partial charge in [0.05, 0.1) is 5.56 Å². The highest BCUT2D eigenvalue weighted by Crippen LogP contribution is 2.30. The molecule has 0 radical (unpaired) electrons. The number of amides is 1. The Morgan fingerprint density at radius 3 is 2.37 bits per heavy atom. The third-order valence-corrected chi connectivity index (χ3v) is 5.49. The maximum Gasteiger partial charge on any atom is 0.416 e. The number of rotatable bonds is 6. The molecule has 0 saturated carbocycles. The van der Waals surface area contributed by atoms with Gasteiger partial charge >= 0.3 is 6.18 Å². The van der Waals surface area contributed by atoms with Crippen LogP contribution in [0.2, 0.25) is 0 Å². The van der Waals surface area contributed by atoms with Crippen LogP contribution in [0.25, 0.3) is 11.4 Å². The highest BCUT2D eigenvalue weighted by atomic mass is 19.4. The third-order valence-electron chi connectivity index (χ3n) is 5.49. The van der Waals surface area contributed by atoms with Gasteiger partial charge in [-0.05, 0) is 36.8 Å². The highest BCUT2D eigenvalue weighted by molar-refractivity contribution is 5.99. The summed E-state index contributed by atoms with van der Waals surface area (Å²) in [6.07, 6.45) is -3.01. The van der Waals surface area contributed by atoms with E-state index in [2.05, 4.69) is 15.3 Å². The smallest absolute Gasteiger partial charge is 0.348 e. The van der Waals surface area contributed by atoms with Crippen LogP contribution in [0.3, 0.4) is 0 Å². The SMILES string of the molecule is Cc1ccc(N(C)c2nc(-c3ccccc3)ncc2C(=O)NCc2cccc(C(F)(F)F)c2)cc1. The predicted molar refractivity (Wildman–Crippen MR) is 129 cm³/mol. The third kappa shape index (κ3) is 5.66. The molecule has 8 heteroatoms. The first-order chi connectivity index (χ1) is 16.7. The Labute approximate surface area is 201 Å². The van der Waals surface area contributed by atoms with Crippen molar-refractivity contribution in [1.82, 2.24) is 15.3 Å². The number of nitrogens with one attached hydrogen (secondary N) is 1. The van der Waals surface area contributed by atoms with E-state index in [1.54, 1.807) is 11.9 Å². The van der Waals surface area contributed by atoms with Crippen molar-refractivity contribution < 1.29 is 18.0 Å². The highest BCUT2D eigenvalue weighted by Gasteiger charge is 2.30. The molecule has 3 aromatic carbocycles. The normalized spacial score (nSPS) is 11.2. The Kier molecular flexibility index (Phi) is 6.82. The number of aromatic nitrogens is 2. The van der Waals surface area contributed by atoms with E-state index >= 15 is 0 Å². The van der Waals surface area contributed by atoms with Crippen LogP contribution in [0.15, 0.2) is 85.1 Å². The molecule has 35 heavy (non-hydrogen) atoms. The van der Waals surface area contributed by atoms with Gasteiger partial charge in [-0.15, -0.1) is 0 Å². The van der Waals surface area contributed by atoms with Crippen molar-refractivity contribution in [2.75, 3.05) is 11.9 Å². The summed E-state index contributed by atoms with van der Waals surface area (Å²) in [5.41, 5.74) is 2.49. The maximum atomic E-state index is 13.1. The van der Waals surface area contributed by atoms with Gasteiger partial charge in [0.15, 0.2) is 5.82 Å². The number of hydrogen-bond donors (Lipinski definition) is 1. The quantitative estimate of drug-likeness (QED) is 0.362. The van der Waals surface area contributed by atoms with E-state index in [9.17, 15) is 18.0 Å². The fourth-order valence-corrected chi connectivity index (χ4v) is 3.54. The van der Waals surface area contributed by atoms with Gasteiger partial charge in [0.25, 0.3) is 5.91 Å². The van der Waals surface area contributed by atoms with Crippen LogP contribution in [0, 0.1) is 6.92 Å². The molecule has 5 nitrogen and oxygen atoms in total. The van der Waals surface area contributed by atoms with Crippen molar-refractivity contribution in [3.63, 3.8) is 0 Å². The summed E-state index contributed by atoms with van der Waals surface area (Å²) in [4.78, 5) is 23.9. The standard InChI is InChI=1S/C27H23F3N4O/c1-18-11-13-22(14-12-18)34(2)25-23(17-31-24(33-25)20-8-4-3-5-9-20)26(35)32-16-19-7-6-10-21(15-19)27(28,29)30/h3-15,17H,16H2,1-2H3,(H,32,35). The van der Waals surface area contributed by atoms with Crippen LogP contribution >= 0.6 is 0 Å².